The molecule has 0 aliphatic rings. The fourth-order valence-electron chi connectivity index (χ4n) is 3.11. The van der Waals surface area contributed by atoms with Gasteiger partial charge in [-0.1, -0.05) is 25.1 Å². The number of nitrogens with zero attached hydrogens (tertiary/aromatic N) is 2. The Morgan fingerprint density at radius 3 is 2.31 bits per heavy atom. The van der Waals surface area contributed by atoms with E-state index < -0.39 is 0 Å². The van der Waals surface area contributed by atoms with Gasteiger partial charge in [0.2, 0.25) is 11.8 Å². The van der Waals surface area contributed by atoms with Crippen LogP contribution in [-0.4, -0.2) is 60.9 Å². The maximum Gasteiger partial charge on any atom is 0.236 e. The van der Waals surface area contributed by atoms with Gasteiger partial charge < -0.3 is 15.0 Å². The smallest absolute Gasteiger partial charge is 0.236 e. The van der Waals surface area contributed by atoms with Crippen LogP contribution in [0.5, 0.6) is 5.75 Å². The van der Waals surface area contributed by atoms with Crippen LogP contribution in [0.3, 0.4) is 0 Å². The first-order valence-corrected chi connectivity index (χ1v) is 9.95. The molecule has 0 aliphatic heterocycles. The maximum atomic E-state index is 12.7. The Kier molecular flexibility index (Phi) is 7.62. The normalized spacial score (nSPS) is 11.6. The van der Waals surface area contributed by atoms with Gasteiger partial charge in [-0.25, -0.2) is 0 Å². The van der Waals surface area contributed by atoms with Crippen molar-refractivity contribution < 1.29 is 14.3 Å². The van der Waals surface area contributed by atoms with E-state index in [0.717, 1.165) is 22.1 Å². The number of hydrogen-bond donors (Lipinski definition) is 1. The molecule has 0 saturated heterocycles. The molecule has 0 heterocycles. The summed E-state index contributed by atoms with van der Waals surface area (Å²) in [5.74, 6) is 0.748. The van der Waals surface area contributed by atoms with Gasteiger partial charge in [-0.2, -0.15) is 0 Å². The van der Waals surface area contributed by atoms with E-state index in [1.807, 2.05) is 62.9 Å². The average molecular weight is 400 g/mol. The summed E-state index contributed by atoms with van der Waals surface area (Å²) in [6.45, 7) is 9.37. The number of amides is 2. The van der Waals surface area contributed by atoms with Crippen LogP contribution in [0, 0.1) is 0 Å². The lowest BCUT2D eigenvalue weighted by atomic mass is 10.1. The van der Waals surface area contributed by atoms with Crippen molar-refractivity contribution in [2.75, 3.05) is 33.8 Å². The highest BCUT2D eigenvalue weighted by Gasteiger charge is 2.19. The minimum absolute atomic E-state index is 0.00904. The molecule has 1 N–H and O–H groups in total. The summed E-state index contributed by atoms with van der Waals surface area (Å²) in [7, 11) is 3.45. The zero-order valence-corrected chi connectivity index (χ0v) is 18.4. The summed E-state index contributed by atoms with van der Waals surface area (Å²) in [6.07, 6.45) is 0. The Balaban J connectivity index is 1.96. The zero-order valence-electron chi connectivity index (χ0n) is 18.4. The molecule has 6 heteroatoms. The largest absolute Gasteiger partial charge is 0.497 e. The number of ether oxygens (including phenoxy) is 1. The Morgan fingerprint density at radius 2 is 1.69 bits per heavy atom. The van der Waals surface area contributed by atoms with Gasteiger partial charge in [-0.05, 0) is 61.9 Å². The second kappa shape index (κ2) is 9.74. The number of likely N-dealkylation sites (N-methyl/N-ethyl adjacent to an activating group) is 2. The van der Waals surface area contributed by atoms with Crippen LogP contribution in [0.4, 0.5) is 0 Å². The molecular weight excluding hydrogens is 366 g/mol. The summed E-state index contributed by atoms with van der Waals surface area (Å²) in [5, 5.41) is 5.15. The lowest BCUT2D eigenvalue weighted by Gasteiger charge is -2.26. The monoisotopic (exact) mass is 399 g/mol. The summed E-state index contributed by atoms with van der Waals surface area (Å²) in [5.41, 5.74) is 0.782. The number of benzene rings is 2. The van der Waals surface area contributed by atoms with Crippen molar-refractivity contribution in [1.29, 1.82) is 0 Å². The van der Waals surface area contributed by atoms with Crippen LogP contribution in [0.25, 0.3) is 10.8 Å². The van der Waals surface area contributed by atoms with Crippen LogP contribution in [0.15, 0.2) is 36.4 Å². The SMILES string of the molecule is CCN(CC(=O)NC(C)(C)C)CC(=O)N(C)Cc1ccc2cc(OC)ccc2c1. The van der Waals surface area contributed by atoms with Crippen molar-refractivity contribution in [2.24, 2.45) is 0 Å². The second-order valence-corrected chi connectivity index (χ2v) is 8.40. The molecule has 0 bridgehead atoms. The second-order valence-electron chi connectivity index (χ2n) is 8.40. The van der Waals surface area contributed by atoms with E-state index in [4.69, 9.17) is 4.74 Å². The Morgan fingerprint density at radius 1 is 1.03 bits per heavy atom. The summed E-state index contributed by atoms with van der Waals surface area (Å²) >= 11 is 0. The van der Waals surface area contributed by atoms with E-state index >= 15 is 0 Å². The van der Waals surface area contributed by atoms with Gasteiger partial charge in [-0.3, -0.25) is 14.5 Å². The molecule has 0 atom stereocenters. The standard InChI is InChI=1S/C23H33N3O3/c1-7-26(15-21(27)24-23(2,3)4)16-22(28)25(5)14-17-8-9-19-13-20(29-6)11-10-18(19)12-17/h8-13H,7,14-16H2,1-6H3,(H,24,27). The predicted molar refractivity (Wildman–Crippen MR) is 117 cm³/mol. The van der Waals surface area contributed by atoms with Crippen molar-refractivity contribution in [3.8, 4) is 5.75 Å². The van der Waals surface area contributed by atoms with Crippen molar-refractivity contribution >= 4 is 22.6 Å². The molecule has 2 amide bonds. The van der Waals surface area contributed by atoms with Crippen molar-refractivity contribution in [3.63, 3.8) is 0 Å². The number of hydrogen-bond acceptors (Lipinski definition) is 4. The summed E-state index contributed by atoms with van der Waals surface area (Å²) in [4.78, 5) is 28.4. The Hall–Kier alpha value is -2.60. The Labute approximate surface area is 173 Å². The van der Waals surface area contributed by atoms with Crippen LogP contribution in [-0.2, 0) is 16.1 Å². The number of carbonyl (C=O) groups is 2. The van der Waals surface area contributed by atoms with Crippen LogP contribution >= 0.6 is 0 Å². The molecular formula is C23H33N3O3. The summed E-state index contributed by atoms with van der Waals surface area (Å²) < 4.78 is 5.26. The first-order chi connectivity index (χ1) is 13.6. The third-order valence-electron chi connectivity index (χ3n) is 4.65. The Bertz CT molecular complexity index is 858. The molecule has 0 saturated carbocycles. The van der Waals surface area contributed by atoms with Gasteiger partial charge >= 0.3 is 0 Å². The lowest BCUT2D eigenvalue weighted by molar-refractivity contribution is -0.132. The topological polar surface area (TPSA) is 61.9 Å². The van der Waals surface area contributed by atoms with E-state index in [1.54, 1.807) is 19.1 Å². The number of methoxy groups -OCH3 is 1. The van der Waals surface area contributed by atoms with Crippen molar-refractivity contribution in [3.05, 3.63) is 42.0 Å². The van der Waals surface area contributed by atoms with Crippen LogP contribution < -0.4 is 10.1 Å². The molecule has 0 spiro atoms. The van der Waals surface area contributed by atoms with Gasteiger partial charge in [0.05, 0.1) is 20.2 Å². The van der Waals surface area contributed by atoms with Crippen LogP contribution in [0.1, 0.15) is 33.3 Å². The van der Waals surface area contributed by atoms with E-state index in [1.165, 1.54) is 0 Å². The molecule has 0 unspecified atom stereocenters. The fraction of sp³-hybridized carbons (Fsp3) is 0.478. The van der Waals surface area contributed by atoms with Gasteiger partial charge in [0.25, 0.3) is 0 Å². The average Bonchev–Trinajstić information content (AvgIpc) is 2.65. The van der Waals surface area contributed by atoms with Crippen molar-refractivity contribution in [2.45, 2.75) is 39.8 Å². The highest BCUT2D eigenvalue weighted by molar-refractivity contribution is 5.85. The third kappa shape index (κ3) is 7.06. The van der Waals surface area contributed by atoms with Gasteiger partial charge in [-0.15, -0.1) is 0 Å². The first kappa shape index (κ1) is 22.7. The van der Waals surface area contributed by atoms with E-state index in [-0.39, 0.29) is 30.4 Å². The highest BCUT2D eigenvalue weighted by atomic mass is 16.5. The molecule has 29 heavy (non-hydrogen) atoms. The number of rotatable bonds is 8. The van der Waals surface area contributed by atoms with Crippen LogP contribution in [0.2, 0.25) is 0 Å². The number of fused-ring (bicyclic) bond motifs is 1. The first-order valence-electron chi connectivity index (χ1n) is 9.95. The van der Waals surface area contributed by atoms with E-state index in [0.29, 0.717) is 13.1 Å². The number of nitrogens with one attached hydrogen (secondary N) is 1. The molecule has 6 nitrogen and oxygen atoms in total. The van der Waals surface area contributed by atoms with E-state index in [2.05, 4.69) is 11.4 Å². The predicted octanol–water partition coefficient (Wildman–Crippen LogP) is 3.04. The molecule has 2 rings (SSSR count). The lowest BCUT2D eigenvalue weighted by Crippen LogP contribution is -2.48. The molecule has 0 aromatic heterocycles. The maximum absolute atomic E-state index is 12.7. The van der Waals surface area contributed by atoms with E-state index in [9.17, 15) is 9.59 Å². The highest BCUT2D eigenvalue weighted by Crippen LogP contribution is 2.22. The fourth-order valence-corrected chi connectivity index (χ4v) is 3.11. The molecule has 2 aromatic rings. The molecule has 0 fully saturated rings. The molecule has 0 radical (unpaired) electrons. The molecule has 0 aliphatic carbocycles. The molecule has 2 aromatic carbocycles. The van der Waals surface area contributed by atoms with Crippen molar-refractivity contribution in [1.82, 2.24) is 15.1 Å². The van der Waals surface area contributed by atoms with Gasteiger partial charge in [0.1, 0.15) is 5.75 Å². The third-order valence-corrected chi connectivity index (χ3v) is 4.65. The zero-order chi connectivity index (χ0) is 21.6. The van der Waals surface area contributed by atoms with Gasteiger partial charge in [0.15, 0.2) is 0 Å². The molecule has 158 valence electrons. The van der Waals surface area contributed by atoms with Gasteiger partial charge in [0, 0.05) is 19.1 Å². The quantitative estimate of drug-likeness (QED) is 0.741. The summed E-state index contributed by atoms with van der Waals surface area (Å²) in [6, 6.07) is 12.1. The number of carbonyl (C=O) groups excluding carboxylic acids is 2. The minimum Gasteiger partial charge on any atom is -0.497 e. The minimum atomic E-state index is -0.280.